The first kappa shape index (κ1) is 17.7. The zero-order valence-electron chi connectivity index (χ0n) is 14.5. The van der Waals surface area contributed by atoms with Gasteiger partial charge in [-0.25, -0.2) is 9.59 Å². The minimum Gasteiger partial charge on any atom is -0.547 e. The smallest absolute Gasteiger partial charge is 0.337 e. The Bertz CT molecular complexity index is 586. The Balaban J connectivity index is 2.61. The third kappa shape index (κ3) is 3.07. The van der Waals surface area contributed by atoms with Crippen molar-refractivity contribution in [1.82, 2.24) is 0 Å². The summed E-state index contributed by atoms with van der Waals surface area (Å²) in [6.45, 7) is 6.20. The lowest BCUT2D eigenvalue weighted by atomic mass is 9.67. The van der Waals surface area contributed by atoms with E-state index in [9.17, 15) is 9.59 Å². The highest BCUT2D eigenvalue weighted by Crippen LogP contribution is 2.50. The maximum Gasteiger partial charge on any atom is 0.337 e. The average molecular weight is 340 g/mol. The molecule has 0 radical (unpaired) electrons. The number of ether oxygens (including phenoxy) is 3. The first-order chi connectivity index (χ1) is 10.7. The van der Waals surface area contributed by atoms with Crippen LogP contribution in [0.4, 0.5) is 0 Å². The molecule has 0 fully saturated rings. The molecule has 0 aromatic rings. The van der Waals surface area contributed by atoms with Crippen molar-refractivity contribution in [2.45, 2.75) is 38.1 Å². The molecule has 0 spiro atoms. The van der Waals surface area contributed by atoms with Gasteiger partial charge in [0.25, 0.3) is 0 Å². The summed E-state index contributed by atoms with van der Waals surface area (Å²) in [7, 11) is 2.24. The number of allylic oxidation sites excluding steroid dienone is 1. The Morgan fingerprint density at radius 1 is 1.13 bits per heavy atom. The van der Waals surface area contributed by atoms with E-state index < -0.39 is 25.9 Å². The van der Waals surface area contributed by atoms with E-state index in [1.54, 1.807) is 0 Å². The highest BCUT2D eigenvalue weighted by Gasteiger charge is 2.53. The number of carbonyl (C=O) groups is 2. The van der Waals surface area contributed by atoms with Gasteiger partial charge in [-0.05, 0) is 38.6 Å². The first-order valence-corrected chi connectivity index (χ1v) is 11.0. The first-order valence-electron chi connectivity index (χ1n) is 7.57. The maximum absolute atomic E-state index is 12.3. The molecule has 128 valence electrons. The van der Waals surface area contributed by atoms with Crippen molar-refractivity contribution >= 4 is 20.3 Å². The summed E-state index contributed by atoms with van der Waals surface area (Å²) >= 11 is 0. The molecular formula is C16H24O6Si. The van der Waals surface area contributed by atoms with E-state index in [1.165, 1.54) is 21.3 Å². The second-order valence-corrected chi connectivity index (χ2v) is 11.1. The van der Waals surface area contributed by atoms with Gasteiger partial charge in [0.05, 0.1) is 31.1 Å². The van der Waals surface area contributed by atoms with Gasteiger partial charge in [-0.2, -0.15) is 0 Å². The Kier molecular flexibility index (Phi) is 4.73. The van der Waals surface area contributed by atoms with Crippen molar-refractivity contribution < 1.29 is 28.2 Å². The van der Waals surface area contributed by atoms with Crippen LogP contribution >= 0.6 is 0 Å². The monoisotopic (exact) mass is 340 g/mol. The van der Waals surface area contributed by atoms with Gasteiger partial charge in [0.2, 0.25) is 8.32 Å². The van der Waals surface area contributed by atoms with Gasteiger partial charge in [0, 0.05) is 13.0 Å². The third-order valence-corrected chi connectivity index (χ3v) is 5.00. The summed E-state index contributed by atoms with van der Waals surface area (Å²) in [5.74, 6) is -0.702. The molecular weight excluding hydrogens is 316 g/mol. The Hall–Kier alpha value is -1.60. The van der Waals surface area contributed by atoms with Gasteiger partial charge in [-0.15, -0.1) is 0 Å². The van der Waals surface area contributed by atoms with Gasteiger partial charge < -0.3 is 18.6 Å². The summed E-state index contributed by atoms with van der Waals surface area (Å²) in [5, 5.41) is 0. The van der Waals surface area contributed by atoms with Crippen LogP contribution in [0.2, 0.25) is 19.6 Å². The molecule has 0 aliphatic heterocycles. The summed E-state index contributed by atoms with van der Waals surface area (Å²) in [5.41, 5.74) is -0.475. The number of esters is 2. The van der Waals surface area contributed by atoms with Crippen LogP contribution in [0.15, 0.2) is 23.0 Å². The normalized spacial score (nSPS) is 26.7. The Morgan fingerprint density at radius 3 is 2.22 bits per heavy atom. The van der Waals surface area contributed by atoms with E-state index in [4.69, 9.17) is 18.6 Å². The lowest BCUT2D eigenvalue weighted by molar-refractivity contribution is -0.143. The van der Waals surface area contributed by atoms with Crippen LogP contribution in [0, 0.1) is 5.92 Å². The van der Waals surface area contributed by atoms with E-state index in [-0.39, 0.29) is 11.5 Å². The summed E-state index contributed by atoms with van der Waals surface area (Å²) < 4.78 is 21.6. The fourth-order valence-corrected chi connectivity index (χ4v) is 4.15. The number of carbonyl (C=O) groups excluding carboxylic acids is 2. The minimum absolute atomic E-state index is 0.230. The van der Waals surface area contributed by atoms with E-state index in [0.29, 0.717) is 24.2 Å². The van der Waals surface area contributed by atoms with Gasteiger partial charge in [0.1, 0.15) is 5.60 Å². The van der Waals surface area contributed by atoms with Gasteiger partial charge in [0.15, 0.2) is 0 Å². The maximum atomic E-state index is 12.3. The highest BCUT2D eigenvalue weighted by atomic mass is 28.4. The summed E-state index contributed by atoms with van der Waals surface area (Å²) in [4.78, 5) is 24.7. The molecule has 0 saturated carbocycles. The number of hydrogen-bond donors (Lipinski definition) is 0. The Morgan fingerprint density at radius 2 is 1.74 bits per heavy atom. The molecule has 7 heteroatoms. The van der Waals surface area contributed by atoms with E-state index in [1.807, 2.05) is 6.08 Å². The third-order valence-electron chi connectivity index (χ3n) is 4.15. The second kappa shape index (κ2) is 6.12. The number of fused-ring (bicyclic) bond motifs is 1. The van der Waals surface area contributed by atoms with Crippen LogP contribution < -0.4 is 0 Å². The molecule has 3 aliphatic carbocycles. The van der Waals surface area contributed by atoms with Crippen LogP contribution in [0.3, 0.4) is 0 Å². The number of methoxy groups -OCH3 is 3. The number of rotatable bonds is 5. The van der Waals surface area contributed by atoms with Gasteiger partial charge in [-0.3, -0.25) is 0 Å². The molecule has 2 atom stereocenters. The predicted molar refractivity (Wildman–Crippen MR) is 86.0 cm³/mol. The standard InChI is InChI=1S/C16H24O6Si/c1-19-14(17)12-10-7-8-16(21-3,13(12)15(18)20-2)9-11(10)22-23(4,5)6/h9-10H,7-8H2,1-6H3. The largest absolute Gasteiger partial charge is 0.547 e. The van der Waals surface area contributed by atoms with E-state index >= 15 is 0 Å². The molecule has 2 bridgehead atoms. The molecule has 0 heterocycles. The quantitative estimate of drug-likeness (QED) is 0.564. The van der Waals surface area contributed by atoms with Crippen LogP contribution in [0.25, 0.3) is 0 Å². The van der Waals surface area contributed by atoms with Crippen molar-refractivity contribution in [3.63, 3.8) is 0 Å². The molecule has 3 rings (SSSR count). The fourth-order valence-electron chi connectivity index (χ4n) is 3.25. The van der Waals surface area contributed by atoms with Crippen LogP contribution in [-0.4, -0.2) is 47.2 Å². The molecule has 0 aromatic carbocycles. The zero-order valence-corrected chi connectivity index (χ0v) is 15.5. The topological polar surface area (TPSA) is 71.1 Å². The minimum atomic E-state index is -1.87. The highest BCUT2D eigenvalue weighted by molar-refractivity contribution is 6.70. The van der Waals surface area contributed by atoms with Crippen LogP contribution in [-0.2, 0) is 28.2 Å². The molecule has 0 saturated heterocycles. The van der Waals surface area contributed by atoms with Crippen molar-refractivity contribution in [3.05, 3.63) is 23.0 Å². The fraction of sp³-hybridized carbons (Fsp3) is 0.625. The van der Waals surface area contributed by atoms with Crippen molar-refractivity contribution in [2.24, 2.45) is 5.92 Å². The lowest BCUT2D eigenvalue weighted by Crippen LogP contribution is -2.48. The zero-order chi connectivity index (χ0) is 17.4. The van der Waals surface area contributed by atoms with Crippen LogP contribution in [0.1, 0.15) is 12.8 Å². The molecule has 6 nitrogen and oxygen atoms in total. The van der Waals surface area contributed by atoms with Crippen molar-refractivity contribution in [1.29, 1.82) is 0 Å². The summed E-state index contributed by atoms with van der Waals surface area (Å²) in [6.07, 6.45) is 3.09. The SMILES string of the molecule is COC(=O)C1=C(C(=O)OC)C2(OC)C=C(O[Si](C)(C)C)C1CC2. The predicted octanol–water partition coefficient (Wildman–Crippen LogP) is 2.17. The summed E-state index contributed by atoms with van der Waals surface area (Å²) in [6, 6.07) is 0. The van der Waals surface area contributed by atoms with E-state index in [0.717, 1.165) is 0 Å². The van der Waals surface area contributed by atoms with Crippen molar-refractivity contribution in [3.8, 4) is 0 Å². The lowest BCUT2D eigenvalue weighted by Gasteiger charge is -2.45. The Labute approximate surface area is 137 Å². The van der Waals surface area contributed by atoms with Gasteiger partial charge >= 0.3 is 11.9 Å². The molecule has 2 unspecified atom stereocenters. The second-order valence-electron chi connectivity index (χ2n) is 6.72. The average Bonchev–Trinajstić information content (AvgIpc) is 2.51. The molecule has 3 aliphatic rings. The molecule has 23 heavy (non-hydrogen) atoms. The number of hydrogen-bond acceptors (Lipinski definition) is 6. The molecule has 0 N–H and O–H groups in total. The van der Waals surface area contributed by atoms with Crippen molar-refractivity contribution in [2.75, 3.05) is 21.3 Å². The van der Waals surface area contributed by atoms with E-state index in [2.05, 4.69) is 19.6 Å². The van der Waals surface area contributed by atoms with Gasteiger partial charge in [-0.1, -0.05) is 0 Å². The molecule has 0 aromatic heterocycles. The molecule has 0 amide bonds. The van der Waals surface area contributed by atoms with Crippen LogP contribution in [0.5, 0.6) is 0 Å².